The number of hydrogen-bond acceptors (Lipinski definition) is 0. The Kier molecular flexibility index (Phi) is 8.15. The van der Waals surface area contributed by atoms with Gasteiger partial charge in [-0.15, -0.1) is 0 Å². The molecule has 2 aliphatic rings. The molecular weight excluding hydrogens is 733 g/mol. The highest BCUT2D eigenvalue weighted by Gasteiger charge is 2.42. The van der Waals surface area contributed by atoms with Crippen LogP contribution < -0.4 is 0 Å². The van der Waals surface area contributed by atoms with E-state index >= 15 is 0 Å². The van der Waals surface area contributed by atoms with Crippen LogP contribution in [0.15, 0.2) is 224 Å². The number of hydrogen-bond donors (Lipinski definition) is 0. The van der Waals surface area contributed by atoms with E-state index in [0.717, 1.165) is 0 Å². The van der Waals surface area contributed by atoms with Gasteiger partial charge in [-0.25, -0.2) is 0 Å². The van der Waals surface area contributed by atoms with Crippen molar-refractivity contribution in [3.8, 4) is 33.4 Å². The minimum atomic E-state index is -0.274. The smallest absolute Gasteiger partial charge is 0.0217 e. The molecule has 0 amide bonds. The van der Waals surface area contributed by atoms with Crippen LogP contribution in [0.3, 0.4) is 0 Å². The lowest BCUT2D eigenvalue weighted by Crippen LogP contribution is -2.35. The maximum Gasteiger partial charge on any atom is 0.0217 e. The minimum Gasteiger partial charge on any atom is -0.0727 e. The van der Waals surface area contributed by atoms with Crippen molar-refractivity contribution >= 4 is 60.3 Å². The van der Waals surface area contributed by atoms with Gasteiger partial charge in [0.05, 0.1) is 0 Å². The second-order valence-electron chi connectivity index (χ2n) is 17.0. The molecule has 286 valence electrons. The highest BCUT2D eigenvalue weighted by molar-refractivity contribution is 6.24. The van der Waals surface area contributed by atoms with E-state index in [9.17, 15) is 0 Å². The fourth-order valence-corrected chi connectivity index (χ4v) is 10.5. The van der Waals surface area contributed by atoms with Crippen LogP contribution in [0.25, 0.3) is 93.7 Å². The first kappa shape index (κ1) is 35.4. The molecule has 0 aliphatic heterocycles. The molecule has 2 unspecified atom stereocenters. The van der Waals surface area contributed by atoms with E-state index in [-0.39, 0.29) is 11.3 Å². The van der Waals surface area contributed by atoms with Crippen molar-refractivity contribution in [1.82, 2.24) is 0 Å². The lowest BCUT2D eigenvalue weighted by Gasteiger charge is -2.43. The van der Waals surface area contributed by atoms with Crippen LogP contribution in [0.4, 0.5) is 0 Å². The van der Waals surface area contributed by atoms with E-state index in [1.165, 1.54) is 110 Å². The molecule has 0 N–H and O–H groups in total. The van der Waals surface area contributed by atoms with Gasteiger partial charge in [-0.2, -0.15) is 0 Å². The lowest BCUT2D eigenvalue weighted by atomic mass is 9.59. The van der Waals surface area contributed by atoms with Crippen LogP contribution in [0, 0.1) is 5.92 Å². The van der Waals surface area contributed by atoms with Crippen LogP contribution in [0.2, 0.25) is 0 Å². The number of allylic oxidation sites excluding steroid dienone is 5. The summed E-state index contributed by atoms with van der Waals surface area (Å²) in [4.78, 5) is 0. The van der Waals surface area contributed by atoms with Gasteiger partial charge in [0.2, 0.25) is 0 Å². The maximum atomic E-state index is 2.56. The number of benzene rings is 10. The molecule has 0 fully saturated rings. The molecule has 0 nitrogen and oxygen atoms in total. The fraction of sp³-hybridized carbons (Fsp3) is 0.0492. The lowest BCUT2D eigenvalue weighted by molar-refractivity contribution is 0.508. The second kappa shape index (κ2) is 14.0. The summed E-state index contributed by atoms with van der Waals surface area (Å²) in [6.07, 6.45) is 9.96. The third-order valence-electron chi connectivity index (χ3n) is 13.6. The van der Waals surface area contributed by atoms with Gasteiger partial charge >= 0.3 is 0 Å². The van der Waals surface area contributed by atoms with Crippen LogP contribution in [0.5, 0.6) is 0 Å². The van der Waals surface area contributed by atoms with E-state index in [0.29, 0.717) is 0 Å². The Hall–Kier alpha value is -7.54. The van der Waals surface area contributed by atoms with E-state index in [1.807, 2.05) is 0 Å². The van der Waals surface area contributed by atoms with Crippen molar-refractivity contribution < 1.29 is 0 Å². The molecule has 10 aromatic rings. The molecule has 0 radical (unpaired) electrons. The standard InChI is InChI=1S/C61H42/c1-61-33-32-45(35-59(61)54(43-24-12-5-13-25-43)38-58-49-29-17-15-27-47(49)53(39-60(58)61)42-22-10-4-11-23-42)44-30-31-50-55(34-44)52(41-20-8-3-9-21-41)37-56-48-28-16-14-26-46(48)51(36-57(50)56)40-18-6-2-7-19-40/h2-39,59H,1H3. The van der Waals surface area contributed by atoms with Gasteiger partial charge < -0.3 is 0 Å². The molecular formula is C61H42. The molecule has 0 bridgehead atoms. The van der Waals surface area contributed by atoms with Crippen molar-refractivity contribution in [3.63, 3.8) is 0 Å². The third kappa shape index (κ3) is 5.67. The Morgan fingerprint density at radius 3 is 1.41 bits per heavy atom. The summed E-state index contributed by atoms with van der Waals surface area (Å²) in [5, 5.41) is 10.2. The molecule has 0 spiro atoms. The fourth-order valence-electron chi connectivity index (χ4n) is 10.5. The Labute approximate surface area is 357 Å². The van der Waals surface area contributed by atoms with E-state index in [4.69, 9.17) is 0 Å². The minimum absolute atomic E-state index is 0.118. The van der Waals surface area contributed by atoms with Gasteiger partial charge in [-0.3, -0.25) is 0 Å². The molecule has 0 saturated heterocycles. The predicted molar refractivity (Wildman–Crippen MR) is 261 cm³/mol. The normalized spacial score (nSPS) is 17.0. The Bertz CT molecular complexity index is 3440. The summed E-state index contributed by atoms with van der Waals surface area (Å²) in [5.74, 6) is 0.118. The summed E-state index contributed by atoms with van der Waals surface area (Å²) in [5.41, 5.74) is 15.0. The first-order valence-corrected chi connectivity index (χ1v) is 21.5. The first-order valence-electron chi connectivity index (χ1n) is 21.5. The van der Waals surface area contributed by atoms with Gasteiger partial charge in [-0.1, -0.05) is 207 Å². The average Bonchev–Trinajstić information content (AvgIpc) is 3.33. The van der Waals surface area contributed by atoms with Crippen molar-refractivity contribution in [2.45, 2.75) is 12.3 Å². The zero-order valence-electron chi connectivity index (χ0n) is 34.0. The topological polar surface area (TPSA) is 0 Å². The zero-order valence-corrected chi connectivity index (χ0v) is 34.0. The van der Waals surface area contributed by atoms with Gasteiger partial charge in [0.1, 0.15) is 0 Å². The SMILES string of the molecule is CC12C=CC(c3ccc4c(c3)c(-c3ccccc3)cc3c5ccccc5c(-c5ccccc5)cc43)=CC1C(c1ccccc1)=Cc1c2cc(-c2ccccc2)c2ccccc12. The third-order valence-corrected chi connectivity index (χ3v) is 13.6. The van der Waals surface area contributed by atoms with Gasteiger partial charge in [-0.05, 0) is 140 Å². The van der Waals surface area contributed by atoms with Crippen LogP contribution in [-0.2, 0) is 5.41 Å². The highest BCUT2D eigenvalue weighted by atomic mass is 14.4. The predicted octanol–water partition coefficient (Wildman–Crippen LogP) is 16.4. The van der Waals surface area contributed by atoms with Crippen molar-refractivity contribution in [2.24, 2.45) is 5.92 Å². The maximum absolute atomic E-state index is 2.56. The Morgan fingerprint density at radius 1 is 0.361 bits per heavy atom. The molecule has 2 aliphatic carbocycles. The molecule has 0 saturated carbocycles. The van der Waals surface area contributed by atoms with Crippen LogP contribution >= 0.6 is 0 Å². The molecule has 61 heavy (non-hydrogen) atoms. The summed E-state index contributed by atoms with van der Waals surface area (Å²) < 4.78 is 0. The van der Waals surface area contributed by atoms with Crippen LogP contribution in [-0.4, -0.2) is 0 Å². The summed E-state index contributed by atoms with van der Waals surface area (Å²) in [6, 6.07) is 76.1. The first-order chi connectivity index (χ1) is 30.1. The van der Waals surface area contributed by atoms with Crippen molar-refractivity contribution in [1.29, 1.82) is 0 Å². The van der Waals surface area contributed by atoms with Crippen molar-refractivity contribution in [2.75, 3.05) is 0 Å². The summed E-state index contributed by atoms with van der Waals surface area (Å²) in [6.45, 7) is 2.45. The van der Waals surface area contributed by atoms with Gasteiger partial charge in [0, 0.05) is 11.3 Å². The monoisotopic (exact) mass is 774 g/mol. The molecule has 2 atom stereocenters. The molecule has 10 aromatic carbocycles. The van der Waals surface area contributed by atoms with E-state index in [1.54, 1.807) is 0 Å². The van der Waals surface area contributed by atoms with Crippen LogP contribution in [0.1, 0.15) is 29.2 Å². The van der Waals surface area contributed by atoms with E-state index < -0.39 is 0 Å². The number of fused-ring (bicyclic) bond motifs is 10. The average molecular weight is 775 g/mol. The van der Waals surface area contributed by atoms with E-state index in [2.05, 4.69) is 237 Å². The molecule has 0 aromatic heterocycles. The highest BCUT2D eigenvalue weighted by Crippen LogP contribution is 2.54. The number of rotatable bonds is 5. The van der Waals surface area contributed by atoms with Crippen molar-refractivity contribution in [3.05, 3.63) is 247 Å². The largest absolute Gasteiger partial charge is 0.0727 e. The van der Waals surface area contributed by atoms with Gasteiger partial charge in [0.15, 0.2) is 0 Å². The zero-order chi connectivity index (χ0) is 40.5. The molecule has 0 heterocycles. The quantitative estimate of drug-likeness (QED) is 0.153. The molecule has 0 heteroatoms. The second-order valence-corrected chi connectivity index (χ2v) is 17.0. The Morgan fingerprint density at radius 2 is 0.820 bits per heavy atom. The summed E-state index contributed by atoms with van der Waals surface area (Å²) >= 11 is 0. The van der Waals surface area contributed by atoms with Gasteiger partial charge in [0.25, 0.3) is 0 Å². The molecule has 12 rings (SSSR count). The summed E-state index contributed by atoms with van der Waals surface area (Å²) in [7, 11) is 0. The Balaban J connectivity index is 1.08.